The number of hydrogen-bond donors (Lipinski definition) is 0. The predicted molar refractivity (Wildman–Crippen MR) is 70.8 cm³/mol. The number of benzene rings is 2. The molecule has 0 aromatic heterocycles. The number of hydrogen-bond acceptors (Lipinski definition) is 1. The van der Waals surface area contributed by atoms with Gasteiger partial charge in [0.05, 0.1) is 0 Å². The molecule has 0 radical (unpaired) electrons. The van der Waals surface area contributed by atoms with Gasteiger partial charge in [-0.25, -0.2) is 4.39 Å². The summed E-state index contributed by atoms with van der Waals surface area (Å²) in [6, 6.07) is 9.41. The molecule has 0 aliphatic carbocycles. The van der Waals surface area contributed by atoms with Crippen LogP contribution >= 0.6 is 11.6 Å². The molecular formula is C15H12ClFO. The standard InChI is InChI=1S/C15H12ClFO/c1-9-3-11(7-13(16)5-9)15(18)12-4-10(2)6-14(17)8-12/h3-8H,1-2H3. The Kier molecular flexibility index (Phi) is 3.48. The van der Waals surface area contributed by atoms with Gasteiger partial charge in [-0.1, -0.05) is 11.6 Å². The van der Waals surface area contributed by atoms with Crippen molar-refractivity contribution < 1.29 is 9.18 Å². The van der Waals surface area contributed by atoms with Crippen LogP contribution in [0, 0.1) is 19.7 Å². The maximum absolute atomic E-state index is 13.3. The van der Waals surface area contributed by atoms with Crippen molar-refractivity contribution in [3.8, 4) is 0 Å². The SMILES string of the molecule is Cc1cc(F)cc(C(=O)c2cc(C)cc(Cl)c2)c1. The fourth-order valence-electron chi connectivity index (χ4n) is 1.90. The molecule has 1 nitrogen and oxygen atoms in total. The van der Waals surface area contributed by atoms with Crippen LogP contribution < -0.4 is 0 Å². The monoisotopic (exact) mass is 262 g/mol. The zero-order valence-electron chi connectivity index (χ0n) is 10.1. The molecule has 0 atom stereocenters. The molecule has 18 heavy (non-hydrogen) atoms. The Morgan fingerprint density at radius 1 is 0.944 bits per heavy atom. The Morgan fingerprint density at radius 3 is 2.06 bits per heavy atom. The highest BCUT2D eigenvalue weighted by Gasteiger charge is 2.11. The van der Waals surface area contributed by atoms with Crippen molar-refractivity contribution in [1.82, 2.24) is 0 Å². The van der Waals surface area contributed by atoms with Crippen LogP contribution in [0.3, 0.4) is 0 Å². The van der Waals surface area contributed by atoms with E-state index in [9.17, 15) is 9.18 Å². The van der Waals surface area contributed by atoms with Crippen molar-refractivity contribution in [2.24, 2.45) is 0 Å². The van der Waals surface area contributed by atoms with Crippen LogP contribution in [-0.4, -0.2) is 5.78 Å². The van der Waals surface area contributed by atoms with Gasteiger partial charge in [-0.2, -0.15) is 0 Å². The van der Waals surface area contributed by atoms with Crippen molar-refractivity contribution in [3.63, 3.8) is 0 Å². The second-order valence-electron chi connectivity index (χ2n) is 4.36. The van der Waals surface area contributed by atoms with E-state index in [1.54, 1.807) is 31.2 Å². The van der Waals surface area contributed by atoms with E-state index in [1.807, 2.05) is 6.92 Å². The normalized spacial score (nSPS) is 10.4. The smallest absolute Gasteiger partial charge is 0.193 e. The molecule has 0 amide bonds. The molecule has 0 bridgehead atoms. The van der Waals surface area contributed by atoms with Crippen molar-refractivity contribution >= 4 is 17.4 Å². The van der Waals surface area contributed by atoms with E-state index in [1.165, 1.54) is 12.1 Å². The molecule has 0 saturated heterocycles. The largest absolute Gasteiger partial charge is 0.289 e. The number of carbonyl (C=O) groups excluding carboxylic acids is 1. The number of carbonyl (C=O) groups is 1. The number of halogens is 2. The first-order valence-corrected chi connectivity index (χ1v) is 5.92. The minimum Gasteiger partial charge on any atom is -0.289 e. The summed E-state index contributed by atoms with van der Waals surface area (Å²) in [6.45, 7) is 3.61. The quantitative estimate of drug-likeness (QED) is 0.737. The second-order valence-corrected chi connectivity index (χ2v) is 4.80. The van der Waals surface area contributed by atoms with E-state index in [4.69, 9.17) is 11.6 Å². The highest BCUT2D eigenvalue weighted by atomic mass is 35.5. The van der Waals surface area contributed by atoms with E-state index in [2.05, 4.69) is 0 Å². The summed E-state index contributed by atoms with van der Waals surface area (Å²) < 4.78 is 13.3. The molecule has 3 heteroatoms. The van der Waals surface area contributed by atoms with Gasteiger partial charge in [-0.05, 0) is 61.4 Å². The van der Waals surface area contributed by atoms with Crippen LogP contribution in [0.1, 0.15) is 27.0 Å². The number of ketones is 1. The molecule has 0 heterocycles. The zero-order valence-corrected chi connectivity index (χ0v) is 10.9. The van der Waals surface area contributed by atoms with Gasteiger partial charge in [-0.15, -0.1) is 0 Å². The first-order valence-electron chi connectivity index (χ1n) is 5.55. The van der Waals surface area contributed by atoms with Crippen molar-refractivity contribution in [2.75, 3.05) is 0 Å². The Bertz CT molecular complexity index is 526. The first-order chi connectivity index (χ1) is 8.45. The third kappa shape index (κ3) is 2.77. The van der Waals surface area contributed by atoms with Gasteiger partial charge in [0.2, 0.25) is 0 Å². The van der Waals surface area contributed by atoms with Gasteiger partial charge >= 0.3 is 0 Å². The van der Waals surface area contributed by atoms with Crippen LogP contribution in [0.2, 0.25) is 5.02 Å². The molecule has 92 valence electrons. The maximum atomic E-state index is 13.3. The van der Waals surface area contributed by atoms with Crippen molar-refractivity contribution in [3.05, 3.63) is 69.5 Å². The van der Waals surface area contributed by atoms with Crippen LogP contribution in [0.25, 0.3) is 0 Å². The molecule has 0 unspecified atom stereocenters. The van der Waals surface area contributed by atoms with Gasteiger partial charge < -0.3 is 0 Å². The van der Waals surface area contributed by atoms with Gasteiger partial charge in [0, 0.05) is 16.1 Å². The predicted octanol–water partition coefficient (Wildman–Crippen LogP) is 4.33. The summed E-state index contributed by atoms with van der Waals surface area (Å²) in [5.74, 6) is -0.625. The average molecular weight is 263 g/mol. The molecule has 2 aromatic rings. The van der Waals surface area contributed by atoms with Gasteiger partial charge in [0.15, 0.2) is 5.78 Å². The Morgan fingerprint density at radius 2 is 1.50 bits per heavy atom. The van der Waals surface area contributed by atoms with Crippen LogP contribution in [0.15, 0.2) is 36.4 Å². The Balaban J connectivity index is 2.47. The molecular weight excluding hydrogens is 251 g/mol. The Labute approximate surface area is 110 Å². The second kappa shape index (κ2) is 4.91. The summed E-state index contributed by atoms with van der Waals surface area (Å²) in [6.07, 6.45) is 0. The maximum Gasteiger partial charge on any atom is 0.193 e. The summed E-state index contributed by atoms with van der Waals surface area (Å²) in [5.41, 5.74) is 2.44. The molecule has 0 spiro atoms. The lowest BCUT2D eigenvalue weighted by molar-refractivity contribution is 0.103. The Hall–Kier alpha value is -1.67. The third-order valence-electron chi connectivity index (χ3n) is 2.61. The molecule has 0 saturated carbocycles. The molecule has 0 fully saturated rings. The third-order valence-corrected chi connectivity index (χ3v) is 2.83. The first kappa shape index (κ1) is 12.8. The van der Waals surface area contributed by atoms with E-state index < -0.39 is 5.82 Å². The fourth-order valence-corrected chi connectivity index (χ4v) is 2.19. The molecule has 0 aliphatic heterocycles. The molecule has 2 aromatic carbocycles. The van der Waals surface area contributed by atoms with E-state index >= 15 is 0 Å². The summed E-state index contributed by atoms with van der Waals surface area (Å²) in [4.78, 5) is 12.2. The van der Waals surface area contributed by atoms with E-state index in [-0.39, 0.29) is 5.78 Å². The van der Waals surface area contributed by atoms with E-state index in [0.29, 0.717) is 16.1 Å². The summed E-state index contributed by atoms with van der Waals surface area (Å²) in [5, 5.41) is 0.506. The van der Waals surface area contributed by atoms with Gasteiger partial charge in [0.1, 0.15) is 5.82 Å². The fraction of sp³-hybridized carbons (Fsp3) is 0.133. The highest BCUT2D eigenvalue weighted by Crippen LogP contribution is 2.19. The van der Waals surface area contributed by atoms with Crippen LogP contribution in [0.5, 0.6) is 0 Å². The van der Waals surface area contributed by atoms with Gasteiger partial charge in [-0.3, -0.25) is 4.79 Å². The summed E-state index contributed by atoms with van der Waals surface area (Å²) >= 11 is 5.92. The topological polar surface area (TPSA) is 17.1 Å². The number of rotatable bonds is 2. The molecule has 2 rings (SSSR count). The zero-order chi connectivity index (χ0) is 13.3. The minimum atomic E-state index is -0.405. The van der Waals surface area contributed by atoms with Crippen molar-refractivity contribution in [2.45, 2.75) is 13.8 Å². The summed E-state index contributed by atoms with van der Waals surface area (Å²) in [7, 11) is 0. The molecule has 0 N–H and O–H groups in total. The van der Waals surface area contributed by atoms with Crippen LogP contribution in [-0.2, 0) is 0 Å². The lowest BCUT2D eigenvalue weighted by atomic mass is 10.00. The number of aryl methyl sites for hydroxylation is 2. The molecule has 0 aliphatic rings. The van der Waals surface area contributed by atoms with Crippen LogP contribution in [0.4, 0.5) is 4.39 Å². The lowest BCUT2D eigenvalue weighted by Crippen LogP contribution is -2.03. The van der Waals surface area contributed by atoms with E-state index in [0.717, 1.165) is 11.1 Å². The van der Waals surface area contributed by atoms with Gasteiger partial charge in [0.25, 0.3) is 0 Å². The minimum absolute atomic E-state index is 0.219. The highest BCUT2D eigenvalue weighted by molar-refractivity contribution is 6.31. The average Bonchev–Trinajstić information content (AvgIpc) is 2.25. The lowest BCUT2D eigenvalue weighted by Gasteiger charge is -2.05. The van der Waals surface area contributed by atoms with Crippen molar-refractivity contribution in [1.29, 1.82) is 0 Å².